The second-order valence-electron chi connectivity index (χ2n) is 18.2. The summed E-state index contributed by atoms with van der Waals surface area (Å²) >= 11 is 8.28. The largest absolute Gasteiger partial charge is 0.495 e. The molecule has 1 unspecified atom stereocenters. The van der Waals surface area contributed by atoms with Gasteiger partial charge in [-0.3, -0.25) is 14.2 Å². The lowest BCUT2D eigenvalue weighted by Crippen LogP contribution is -2.57. The van der Waals surface area contributed by atoms with Crippen LogP contribution >= 0.6 is 30.3 Å². The van der Waals surface area contributed by atoms with Gasteiger partial charge in [-0.15, -0.1) is 11.3 Å². The Kier molecular flexibility index (Phi) is 14.3. The lowest BCUT2D eigenvalue weighted by molar-refractivity contribution is -0.141. The van der Waals surface area contributed by atoms with Gasteiger partial charge >= 0.3 is 6.09 Å². The third-order valence-corrected chi connectivity index (χ3v) is 16.9. The number of nitrogens with zero attached hydrogens (tertiary/aromatic N) is 3. The van der Waals surface area contributed by atoms with E-state index in [2.05, 4.69) is 16.0 Å². The number of nitrogens with one attached hydrogen (secondary N) is 3. The number of ether oxygens (including phenoxy) is 3. The van der Waals surface area contributed by atoms with E-state index >= 15 is 4.79 Å². The zero-order valence-electron chi connectivity index (χ0n) is 37.4. The predicted molar refractivity (Wildman–Crippen MR) is 249 cm³/mol. The van der Waals surface area contributed by atoms with Crippen LogP contribution < -0.4 is 25.4 Å². The molecule has 1 saturated heterocycles. The van der Waals surface area contributed by atoms with Gasteiger partial charge in [-0.05, 0) is 95.4 Å². The molecule has 4 N–H and O–H groups in total. The number of carbonyl (C=O) groups excluding carboxylic acids is 3. The number of rotatable bonds is 11. The van der Waals surface area contributed by atoms with Crippen molar-refractivity contribution in [2.45, 2.75) is 127 Å². The fourth-order valence-electron chi connectivity index (χ4n) is 9.43. The Morgan fingerprint density at radius 1 is 1.06 bits per heavy atom. The minimum Gasteiger partial charge on any atom is -0.495 e. The maximum Gasteiger partial charge on any atom is 0.408 e. The Hall–Kier alpha value is -4.83. The van der Waals surface area contributed by atoms with Crippen LogP contribution in [0.1, 0.15) is 90.5 Å². The number of amides is 3. The first-order valence-electron chi connectivity index (χ1n) is 22.6. The molecule has 2 aromatic heterocycles. The number of alkyl carbamates (subject to hydrolysis) is 1. The van der Waals surface area contributed by atoms with E-state index in [1.165, 1.54) is 29.4 Å². The van der Waals surface area contributed by atoms with Crippen molar-refractivity contribution < 1.29 is 46.8 Å². The number of carbonyl (C=O) groups is 3. The maximum absolute atomic E-state index is 15.1. The number of pyridine rings is 1. The predicted octanol–water partition coefficient (Wildman–Crippen LogP) is 9.57. The number of allylic oxidation sites excluding steroid dienone is 1. The van der Waals surface area contributed by atoms with Gasteiger partial charge < -0.3 is 40.0 Å². The van der Waals surface area contributed by atoms with Gasteiger partial charge in [0.15, 0.2) is 5.13 Å². The summed E-state index contributed by atoms with van der Waals surface area (Å²) in [5, 5.41) is 10.5. The summed E-state index contributed by atoms with van der Waals surface area (Å²) in [7, 11) is -3.13. The molecule has 8 rings (SSSR count). The Morgan fingerprint density at radius 3 is 2.53 bits per heavy atom. The van der Waals surface area contributed by atoms with Gasteiger partial charge in [0.1, 0.15) is 63.4 Å². The van der Waals surface area contributed by atoms with Crippen molar-refractivity contribution in [1.82, 2.24) is 25.5 Å². The summed E-state index contributed by atoms with van der Waals surface area (Å²) < 4.78 is 62.6. The monoisotopic (exact) mass is 968 g/mol. The van der Waals surface area contributed by atoms with Crippen LogP contribution in [0, 0.1) is 23.5 Å². The first kappa shape index (κ1) is 47.7. The summed E-state index contributed by atoms with van der Waals surface area (Å²) in [5.74, 6) is -3.53. The smallest absolute Gasteiger partial charge is 0.408 e. The zero-order chi connectivity index (χ0) is 46.9. The van der Waals surface area contributed by atoms with Crippen LogP contribution in [0.3, 0.4) is 0 Å². The van der Waals surface area contributed by atoms with Crippen molar-refractivity contribution in [3.05, 3.63) is 76.2 Å². The van der Waals surface area contributed by atoms with E-state index in [9.17, 15) is 27.8 Å². The zero-order valence-corrected chi connectivity index (χ0v) is 39.8. The quantitative estimate of drug-likeness (QED) is 0.0830. The molecule has 0 spiro atoms. The summed E-state index contributed by atoms with van der Waals surface area (Å²) in [5.41, 5.74) is 0.816. The third-order valence-electron chi connectivity index (χ3n) is 13.1. The van der Waals surface area contributed by atoms with Crippen LogP contribution in [0.5, 0.6) is 11.5 Å². The number of thiazole rings is 1. The number of halogens is 3. The van der Waals surface area contributed by atoms with Gasteiger partial charge in [-0.2, -0.15) is 0 Å². The summed E-state index contributed by atoms with van der Waals surface area (Å²) in [6, 6.07) is 6.15. The van der Waals surface area contributed by atoms with Gasteiger partial charge in [-0.25, -0.2) is 23.5 Å². The molecular weight excluding hydrogens is 913 g/mol. The highest BCUT2D eigenvalue weighted by Gasteiger charge is 2.66. The molecule has 2 aromatic carbocycles. The molecule has 4 aliphatic rings. The second kappa shape index (κ2) is 19.8. The van der Waals surface area contributed by atoms with Crippen LogP contribution in [0.2, 0.25) is 5.02 Å². The molecule has 2 aliphatic heterocycles. The van der Waals surface area contributed by atoms with Gasteiger partial charge in [0.2, 0.25) is 19.2 Å². The van der Waals surface area contributed by atoms with E-state index < -0.39 is 78.0 Å². The van der Waals surface area contributed by atoms with E-state index in [0.717, 1.165) is 37.8 Å². The van der Waals surface area contributed by atoms with Crippen LogP contribution in [0.15, 0.2) is 53.9 Å². The number of hydrogen-bond acceptors (Lipinski definition) is 11. The third kappa shape index (κ3) is 10.0. The van der Waals surface area contributed by atoms with E-state index in [1.807, 2.05) is 32.2 Å². The van der Waals surface area contributed by atoms with Crippen LogP contribution in [0.4, 0.5) is 18.7 Å². The number of aromatic nitrogens is 2. The minimum atomic E-state index is -4.62. The Bertz CT molecular complexity index is 2540. The van der Waals surface area contributed by atoms with Crippen molar-refractivity contribution in [1.29, 1.82) is 0 Å². The molecule has 2 saturated carbocycles. The number of fused-ring (bicyclic) bond motifs is 3. The topological polar surface area (TPSA) is 181 Å². The molecule has 2 aliphatic carbocycles. The molecule has 66 heavy (non-hydrogen) atoms. The van der Waals surface area contributed by atoms with Gasteiger partial charge in [0.25, 0.3) is 0 Å². The highest BCUT2D eigenvalue weighted by molar-refractivity contribution is 7.59. The second-order valence-corrected chi connectivity index (χ2v) is 22.0. The van der Waals surface area contributed by atoms with Crippen molar-refractivity contribution in [3.63, 3.8) is 0 Å². The van der Waals surface area contributed by atoms with Crippen molar-refractivity contribution in [3.8, 4) is 22.9 Å². The number of benzene rings is 2. The molecule has 0 bridgehead atoms. The van der Waals surface area contributed by atoms with E-state index in [4.69, 9.17) is 35.8 Å². The van der Waals surface area contributed by atoms with Crippen LogP contribution in [0.25, 0.3) is 22.3 Å². The normalized spacial score (nSPS) is 26.4. The van der Waals surface area contributed by atoms with Crippen molar-refractivity contribution >= 4 is 64.2 Å². The van der Waals surface area contributed by atoms with Gasteiger partial charge in [0, 0.05) is 40.8 Å². The highest BCUT2D eigenvalue weighted by Crippen LogP contribution is 2.71. The summed E-state index contributed by atoms with van der Waals surface area (Å²) in [6.07, 6.45) is 6.86. The average Bonchev–Trinajstić information content (AvgIpc) is 3.69. The molecule has 3 amide bonds. The van der Waals surface area contributed by atoms with Crippen molar-refractivity contribution in [2.24, 2.45) is 11.8 Å². The minimum absolute atomic E-state index is 0.0366. The number of anilines is 1. The summed E-state index contributed by atoms with van der Waals surface area (Å²) in [4.78, 5) is 66.3. The molecule has 0 radical (unpaired) electrons. The Morgan fingerprint density at radius 2 is 1.80 bits per heavy atom. The molecule has 7 atom stereocenters. The van der Waals surface area contributed by atoms with Crippen LogP contribution in [-0.4, -0.2) is 86.9 Å². The molecule has 19 heteroatoms. The Balaban J connectivity index is 1.16. The molecule has 3 fully saturated rings. The first-order valence-corrected chi connectivity index (χ1v) is 25.7. The fourth-order valence-corrected chi connectivity index (χ4v) is 12.9. The van der Waals surface area contributed by atoms with E-state index in [0.29, 0.717) is 64.6 Å². The van der Waals surface area contributed by atoms with E-state index in [-0.39, 0.29) is 42.5 Å². The molecule has 4 heterocycles. The summed E-state index contributed by atoms with van der Waals surface area (Å²) in [6.45, 7) is 5.77. The SMILES string of the molecule is COc1ccc2c(O[C@@H]3C[C@H]4C(=O)N[C@]5(P(=O)(O)Cc6c(F)cccc6F)C[C@H]5/C=C\CCCC[C@@H](C)[C@H](NC(=O)OC5CCCC5)C(=O)N4C3)cc(-c3csc(NC(C)C)n3)nc2c1Cl. The maximum atomic E-state index is 15.1. The fraction of sp³-hybridized carbons (Fsp3) is 0.511. The van der Waals surface area contributed by atoms with Gasteiger partial charge in [-0.1, -0.05) is 43.2 Å². The lowest BCUT2D eigenvalue weighted by atomic mass is 9.94. The van der Waals surface area contributed by atoms with Crippen molar-refractivity contribution in [2.75, 3.05) is 19.0 Å². The standard InChI is InChI=1S/C47H56ClF2N6O8PS/c1-26(2)51-45-53-36(25-66-45)35-21-39(31-18-19-38(62-4)40(48)42(31)52-35)63-30-20-37-43(57)55-47(65(60,61)24-32-33(49)16-11-17-34(32)50)22-28(47)13-8-6-5-7-12-27(3)41(44(58)56(37)23-30)54-46(59)64-29-14-9-10-15-29/h8,11,13,16-19,21,25-30,37,41H,5-7,9-10,12,14-15,20,22-24H2,1-4H3,(H,51,53)(H,54,59)(H,55,57)(H,60,61)/b13-8-/t27-,28-,30-,37+,41+,47+/m1/s1. The molecule has 354 valence electrons. The van der Waals surface area contributed by atoms with Crippen LogP contribution in [-0.2, 0) is 25.1 Å². The number of hydrogen-bond donors (Lipinski definition) is 4. The van der Waals surface area contributed by atoms with E-state index in [1.54, 1.807) is 24.3 Å². The molecule has 14 nitrogen and oxygen atoms in total. The average molecular weight is 969 g/mol. The molecular formula is C47H56ClF2N6O8PS. The Labute approximate surface area is 391 Å². The lowest BCUT2D eigenvalue weighted by Gasteiger charge is -2.33. The number of methoxy groups -OCH3 is 1. The first-order chi connectivity index (χ1) is 31.6. The molecule has 4 aromatic rings. The highest BCUT2D eigenvalue weighted by atomic mass is 35.5. The van der Waals surface area contributed by atoms with Gasteiger partial charge in [0.05, 0.1) is 31.0 Å².